The molecule has 0 aliphatic carbocycles. The molecule has 172 valence electrons. The van der Waals surface area contributed by atoms with E-state index in [1.54, 1.807) is 36.4 Å². The van der Waals surface area contributed by atoms with E-state index in [0.717, 1.165) is 17.5 Å². The van der Waals surface area contributed by atoms with Gasteiger partial charge in [-0.05, 0) is 74.4 Å². The number of carbonyl (C=O) groups is 2. The molecular formula is C25H26N2O5S. The van der Waals surface area contributed by atoms with Crippen LogP contribution in [-0.2, 0) is 26.0 Å². The highest BCUT2D eigenvalue weighted by Gasteiger charge is 2.20. The van der Waals surface area contributed by atoms with E-state index in [1.807, 2.05) is 26.0 Å². The Morgan fingerprint density at radius 3 is 2.03 bits per heavy atom. The highest BCUT2D eigenvalue weighted by atomic mass is 32.2. The lowest BCUT2D eigenvalue weighted by atomic mass is 10.1. The van der Waals surface area contributed by atoms with Gasteiger partial charge in [-0.2, -0.15) is 0 Å². The van der Waals surface area contributed by atoms with Gasteiger partial charge in [-0.15, -0.1) is 0 Å². The van der Waals surface area contributed by atoms with Crippen molar-refractivity contribution in [1.29, 1.82) is 0 Å². The number of aryl methyl sites for hydroxylation is 2. The summed E-state index contributed by atoms with van der Waals surface area (Å²) in [5, 5.41) is 2.70. The molecule has 0 aliphatic rings. The van der Waals surface area contributed by atoms with E-state index < -0.39 is 28.0 Å². The smallest absolute Gasteiger partial charge is 0.338 e. The van der Waals surface area contributed by atoms with Gasteiger partial charge < -0.3 is 10.1 Å². The third-order valence-corrected chi connectivity index (χ3v) is 6.38. The third-order valence-electron chi connectivity index (χ3n) is 4.99. The number of rotatable bonds is 8. The third kappa shape index (κ3) is 6.43. The molecule has 0 heterocycles. The van der Waals surface area contributed by atoms with Crippen LogP contribution in [-0.4, -0.2) is 26.4 Å². The maximum Gasteiger partial charge on any atom is 0.338 e. The molecule has 2 N–H and O–H groups in total. The molecule has 0 fully saturated rings. The van der Waals surface area contributed by atoms with Crippen LogP contribution < -0.4 is 10.0 Å². The van der Waals surface area contributed by atoms with E-state index in [4.69, 9.17) is 4.74 Å². The summed E-state index contributed by atoms with van der Waals surface area (Å²) >= 11 is 0. The number of amides is 1. The molecule has 7 nitrogen and oxygen atoms in total. The molecule has 0 bridgehead atoms. The van der Waals surface area contributed by atoms with Gasteiger partial charge in [0.15, 0.2) is 6.10 Å². The Bertz CT molecular complexity index is 1220. The number of esters is 1. The van der Waals surface area contributed by atoms with Gasteiger partial charge in [0.05, 0.1) is 10.5 Å². The lowest BCUT2D eigenvalue weighted by Gasteiger charge is -2.14. The van der Waals surface area contributed by atoms with Crippen molar-refractivity contribution in [3.63, 3.8) is 0 Å². The Hall–Kier alpha value is -3.65. The van der Waals surface area contributed by atoms with Crippen molar-refractivity contribution >= 4 is 33.3 Å². The van der Waals surface area contributed by atoms with E-state index in [1.165, 1.54) is 31.2 Å². The zero-order valence-corrected chi connectivity index (χ0v) is 19.5. The second-order valence-corrected chi connectivity index (χ2v) is 9.27. The standard InChI is InChI=1S/C25H26N2O5S/c1-4-19-7-13-21(14-8-19)26-24(28)18(3)32-25(29)20-9-15-23(16-10-20)33(30,31)27-22-11-5-17(2)6-12-22/h5-16,18,27H,4H2,1-3H3,(H,26,28). The van der Waals surface area contributed by atoms with Crippen molar-refractivity contribution in [3.8, 4) is 0 Å². The average Bonchev–Trinajstić information content (AvgIpc) is 2.81. The monoisotopic (exact) mass is 466 g/mol. The van der Waals surface area contributed by atoms with Crippen LogP contribution >= 0.6 is 0 Å². The second-order valence-electron chi connectivity index (χ2n) is 7.58. The highest BCUT2D eigenvalue weighted by molar-refractivity contribution is 7.92. The molecule has 1 unspecified atom stereocenters. The number of carbonyl (C=O) groups excluding carboxylic acids is 2. The van der Waals surface area contributed by atoms with Crippen molar-refractivity contribution in [2.45, 2.75) is 38.2 Å². The maximum atomic E-state index is 12.6. The van der Waals surface area contributed by atoms with Crippen LogP contribution in [0.3, 0.4) is 0 Å². The van der Waals surface area contributed by atoms with Gasteiger partial charge in [0, 0.05) is 11.4 Å². The molecule has 0 saturated carbocycles. The summed E-state index contributed by atoms with van der Waals surface area (Å²) in [7, 11) is -3.81. The average molecular weight is 467 g/mol. The van der Waals surface area contributed by atoms with Crippen LogP contribution in [0.15, 0.2) is 77.7 Å². The zero-order chi connectivity index (χ0) is 24.0. The molecule has 0 aromatic heterocycles. The van der Waals surface area contributed by atoms with Gasteiger partial charge in [0.2, 0.25) is 0 Å². The van der Waals surface area contributed by atoms with E-state index in [9.17, 15) is 18.0 Å². The summed E-state index contributed by atoms with van der Waals surface area (Å²) < 4.78 is 32.9. The molecule has 8 heteroatoms. The van der Waals surface area contributed by atoms with Gasteiger partial charge in [-0.3, -0.25) is 9.52 Å². The molecule has 1 amide bonds. The fraction of sp³-hybridized carbons (Fsp3) is 0.200. The van der Waals surface area contributed by atoms with Gasteiger partial charge >= 0.3 is 5.97 Å². The summed E-state index contributed by atoms with van der Waals surface area (Å²) in [4.78, 5) is 24.8. The van der Waals surface area contributed by atoms with Gasteiger partial charge in [-0.1, -0.05) is 36.8 Å². The van der Waals surface area contributed by atoms with E-state index in [0.29, 0.717) is 11.4 Å². The SMILES string of the molecule is CCc1ccc(NC(=O)C(C)OC(=O)c2ccc(S(=O)(=O)Nc3ccc(C)cc3)cc2)cc1. The molecule has 33 heavy (non-hydrogen) atoms. The Morgan fingerprint density at radius 1 is 0.879 bits per heavy atom. The van der Waals surface area contributed by atoms with Crippen molar-refractivity contribution < 1.29 is 22.7 Å². The first-order chi connectivity index (χ1) is 15.7. The van der Waals surface area contributed by atoms with Crippen LogP contribution in [0.25, 0.3) is 0 Å². The van der Waals surface area contributed by atoms with Crippen molar-refractivity contribution in [3.05, 3.63) is 89.5 Å². The minimum atomic E-state index is -3.81. The summed E-state index contributed by atoms with van der Waals surface area (Å²) in [6, 6.07) is 19.7. The second kappa shape index (κ2) is 10.3. The van der Waals surface area contributed by atoms with Crippen molar-refractivity contribution in [2.24, 2.45) is 0 Å². The molecule has 3 aromatic carbocycles. The molecule has 0 saturated heterocycles. The Labute approximate surface area is 193 Å². The largest absolute Gasteiger partial charge is 0.449 e. The number of hydrogen-bond donors (Lipinski definition) is 2. The van der Waals surface area contributed by atoms with Crippen LogP contribution in [0.5, 0.6) is 0 Å². The Balaban J connectivity index is 1.60. The molecular weight excluding hydrogens is 440 g/mol. The number of ether oxygens (including phenoxy) is 1. The number of sulfonamides is 1. The van der Waals surface area contributed by atoms with E-state index in [-0.39, 0.29) is 10.5 Å². The molecule has 1 atom stereocenters. The Kier molecular flexibility index (Phi) is 7.50. The predicted molar refractivity (Wildman–Crippen MR) is 128 cm³/mol. The van der Waals surface area contributed by atoms with Crippen LogP contribution in [0.1, 0.15) is 35.3 Å². The predicted octanol–water partition coefficient (Wildman–Crippen LogP) is 4.54. The fourth-order valence-electron chi connectivity index (χ4n) is 2.96. The first-order valence-electron chi connectivity index (χ1n) is 10.5. The van der Waals surface area contributed by atoms with E-state index in [2.05, 4.69) is 10.0 Å². The lowest BCUT2D eigenvalue weighted by Crippen LogP contribution is -2.30. The normalized spacial score (nSPS) is 12.0. The summed E-state index contributed by atoms with van der Waals surface area (Å²) in [6.07, 6.45) is -0.139. The summed E-state index contributed by atoms with van der Waals surface area (Å²) in [5.74, 6) is -1.19. The quantitative estimate of drug-likeness (QED) is 0.475. The van der Waals surface area contributed by atoms with Crippen LogP contribution in [0, 0.1) is 6.92 Å². The molecule has 0 spiro atoms. The molecule has 3 rings (SSSR count). The van der Waals surface area contributed by atoms with Crippen LogP contribution in [0.4, 0.5) is 11.4 Å². The van der Waals surface area contributed by atoms with Gasteiger partial charge in [-0.25, -0.2) is 13.2 Å². The minimum Gasteiger partial charge on any atom is -0.449 e. The van der Waals surface area contributed by atoms with Gasteiger partial charge in [0.25, 0.3) is 15.9 Å². The number of nitrogens with one attached hydrogen (secondary N) is 2. The van der Waals surface area contributed by atoms with Crippen LogP contribution in [0.2, 0.25) is 0 Å². The molecule has 0 aliphatic heterocycles. The van der Waals surface area contributed by atoms with E-state index >= 15 is 0 Å². The number of anilines is 2. The molecule has 0 radical (unpaired) electrons. The van der Waals surface area contributed by atoms with Crippen molar-refractivity contribution in [2.75, 3.05) is 10.0 Å². The first-order valence-corrected chi connectivity index (χ1v) is 12.0. The number of hydrogen-bond acceptors (Lipinski definition) is 5. The minimum absolute atomic E-state index is 0.000873. The maximum absolute atomic E-state index is 12.6. The summed E-state index contributed by atoms with van der Waals surface area (Å²) in [5.41, 5.74) is 3.34. The lowest BCUT2D eigenvalue weighted by molar-refractivity contribution is -0.123. The van der Waals surface area contributed by atoms with Crippen molar-refractivity contribution in [1.82, 2.24) is 0 Å². The fourth-order valence-corrected chi connectivity index (χ4v) is 4.01. The number of benzene rings is 3. The molecule has 3 aromatic rings. The van der Waals surface area contributed by atoms with Gasteiger partial charge in [0.1, 0.15) is 0 Å². The summed E-state index contributed by atoms with van der Waals surface area (Å²) in [6.45, 7) is 5.42. The topological polar surface area (TPSA) is 102 Å². The first kappa shape index (κ1) is 24.0. The highest BCUT2D eigenvalue weighted by Crippen LogP contribution is 2.18. The Morgan fingerprint density at radius 2 is 1.45 bits per heavy atom. The zero-order valence-electron chi connectivity index (χ0n) is 18.7.